The minimum atomic E-state index is -1.50. The van der Waals surface area contributed by atoms with Crippen molar-refractivity contribution in [2.45, 2.75) is 45.0 Å². The topological polar surface area (TPSA) is 79.6 Å². The lowest BCUT2D eigenvalue weighted by Gasteiger charge is -2.38. The van der Waals surface area contributed by atoms with Crippen molar-refractivity contribution >= 4 is 5.91 Å². The molecule has 152 valence electrons. The monoisotopic (exact) mass is 390 g/mol. The van der Waals surface area contributed by atoms with Crippen molar-refractivity contribution in [2.24, 2.45) is 0 Å². The number of amides is 1. The third-order valence-corrected chi connectivity index (χ3v) is 5.16. The number of halogens is 1. The van der Waals surface area contributed by atoms with Crippen LogP contribution in [0.2, 0.25) is 0 Å². The zero-order valence-corrected chi connectivity index (χ0v) is 16.3. The number of rotatable bonds is 8. The fourth-order valence-corrected chi connectivity index (χ4v) is 3.56. The Bertz CT molecular complexity index is 826. The van der Waals surface area contributed by atoms with Gasteiger partial charge in [0, 0.05) is 44.1 Å². The fraction of sp³-hybridized carbons (Fsp3) is 0.500. The molecule has 1 amide bonds. The molecule has 28 heavy (non-hydrogen) atoms. The van der Waals surface area contributed by atoms with Gasteiger partial charge in [-0.25, -0.2) is 9.37 Å². The average molecular weight is 390 g/mol. The molecule has 2 heterocycles. The molecule has 0 saturated carbocycles. The summed E-state index contributed by atoms with van der Waals surface area (Å²) in [4.78, 5) is 18.7. The van der Waals surface area contributed by atoms with Crippen LogP contribution in [0.1, 0.15) is 31.2 Å². The van der Waals surface area contributed by atoms with Gasteiger partial charge in [-0.2, -0.15) is 0 Å². The zero-order valence-electron chi connectivity index (χ0n) is 16.3. The molecule has 2 aromatic rings. The Labute approximate surface area is 164 Å². The third-order valence-electron chi connectivity index (χ3n) is 5.16. The van der Waals surface area contributed by atoms with Crippen molar-refractivity contribution < 1.29 is 19.0 Å². The fourth-order valence-electron chi connectivity index (χ4n) is 3.56. The van der Waals surface area contributed by atoms with Crippen LogP contribution in [0.3, 0.4) is 0 Å². The second kappa shape index (κ2) is 8.70. The lowest BCUT2D eigenvalue weighted by Crippen LogP contribution is -2.57. The van der Waals surface area contributed by atoms with Crippen molar-refractivity contribution in [1.29, 1.82) is 0 Å². The van der Waals surface area contributed by atoms with E-state index in [0.717, 1.165) is 12.4 Å². The smallest absolute Gasteiger partial charge is 0.256 e. The maximum Gasteiger partial charge on any atom is 0.256 e. The van der Waals surface area contributed by atoms with E-state index in [9.17, 15) is 14.3 Å². The van der Waals surface area contributed by atoms with Gasteiger partial charge >= 0.3 is 0 Å². The van der Waals surface area contributed by atoms with E-state index < -0.39 is 11.4 Å². The molecule has 1 aromatic carbocycles. The van der Waals surface area contributed by atoms with E-state index in [-0.39, 0.29) is 19.0 Å². The molecule has 2 N–H and O–H groups in total. The van der Waals surface area contributed by atoms with Crippen LogP contribution in [0.15, 0.2) is 30.6 Å². The number of likely N-dealkylation sites (tertiary alicyclic amines) is 1. The molecule has 8 heteroatoms. The summed E-state index contributed by atoms with van der Waals surface area (Å²) in [6.45, 7) is 4.00. The van der Waals surface area contributed by atoms with Crippen LogP contribution in [0.5, 0.6) is 5.75 Å². The number of aromatic nitrogens is 2. The molecule has 0 bridgehead atoms. The van der Waals surface area contributed by atoms with Crippen LogP contribution < -0.4 is 10.1 Å². The molecule has 0 unspecified atom stereocenters. The summed E-state index contributed by atoms with van der Waals surface area (Å²) in [5.74, 6) is 0.605. The van der Waals surface area contributed by atoms with E-state index in [1.54, 1.807) is 12.3 Å². The summed E-state index contributed by atoms with van der Waals surface area (Å²) in [5, 5.41) is 14.1. The normalized spacial score (nSPS) is 19.9. The molecular weight excluding hydrogens is 363 g/mol. The summed E-state index contributed by atoms with van der Waals surface area (Å²) in [6.07, 6.45) is 4.64. The van der Waals surface area contributed by atoms with Gasteiger partial charge in [-0.3, -0.25) is 4.79 Å². The molecule has 1 saturated heterocycles. The summed E-state index contributed by atoms with van der Waals surface area (Å²) in [5.41, 5.74) is -1.13. The van der Waals surface area contributed by atoms with E-state index >= 15 is 0 Å². The standard InChI is InChI=1S/C20H27FN4O3/c1-3-24-10-8-23-18(24)12-22-14-20(27)7-4-9-25(19(20)26)13-15-11-16(28-2)5-6-17(15)21/h5-6,8,10-11,22,27H,3-4,7,9,12-14H2,1-2H3/t20-/m0/s1. The van der Waals surface area contributed by atoms with Gasteiger partial charge in [0.2, 0.25) is 0 Å². The van der Waals surface area contributed by atoms with Crippen LogP contribution in [-0.2, 0) is 24.4 Å². The van der Waals surface area contributed by atoms with Gasteiger partial charge in [-0.15, -0.1) is 0 Å². The van der Waals surface area contributed by atoms with Gasteiger partial charge in [-0.1, -0.05) is 0 Å². The first kappa shape index (κ1) is 20.3. The highest BCUT2D eigenvalue weighted by Crippen LogP contribution is 2.26. The number of benzene rings is 1. The summed E-state index contributed by atoms with van der Waals surface area (Å²) in [6, 6.07) is 4.45. The first-order valence-corrected chi connectivity index (χ1v) is 9.51. The second-order valence-electron chi connectivity index (χ2n) is 7.05. The van der Waals surface area contributed by atoms with Crippen molar-refractivity contribution in [3.05, 3.63) is 47.8 Å². The number of ether oxygens (including phenoxy) is 1. The summed E-state index contributed by atoms with van der Waals surface area (Å²) in [7, 11) is 1.51. The number of carbonyl (C=O) groups is 1. The Morgan fingerprint density at radius 3 is 3.00 bits per heavy atom. The Kier molecular flexibility index (Phi) is 6.31. The molecule has 1 aromatic heterocycles. The molecule has 0 radical (unpaired) electrons. The van der Waals surface area contributed by atoms with Crippen LogP contribution in [0.25, 0.3) is 0 Å². The van der Waals surface area contributed by atoms with Crippen LogP contribution in [0.4, 0.5) is 4.39 Å². The lowest BCUT2D eigenvalue weighted by atomic mass is 9.91. The molecule has 0 aliphatic carbocycles. The van der Waals surface area contributed by atoms with Gasteiger partial charge in [0.15, 0.2) is 5.60 Å². The predicted molar refractivity (Wildman–Crippen MR) is 102 cm³/mol. The zero-order chi connectivity index (χ0) is 20.1. The highest BCUT2D eigenvalue weighted by Gasteiger charge is 2.42. The van der Waals surface area contributed by atoms with Crippen LogP contribution in [0, 0.1) is 5.82 Å². The number of hydrogen-bond donors (Lipinski definition) is 2. The van der Waals surface area contributed by atoms with E-state index in [4.69, 9.17) is 4.74 Å². The van der Waals surface area contributed by atoms with Crippen molar-refractivity contribution in [3.63, 3.8) is 0 Å². The Balaban J connectivity index is 1.64. The second-order valence-corrected chi connectivity index (χ2v) is 7.05. The molecule has 1 fully saturated rings. The number of nitrogens with zero attached hydrogens (tertiary/aromatic N) is 3. The number of aryl methyl sites for hydroxylation is 1. The van der Waals surface area contributed by atoms with Gasteiger partial charge in [0.1, 0.15) is 17.4 Å². The number of aliphatic hydroxyl groups is 1. The largest absolute Gasteiger partial charge is 0.497 e. The Hall–Kier alpha value is -2.45. The number of nitrogens with one attached hydrogen (secondary N) is 1. The van der Waals surface area contributed by atoms with Gasteiger partial charge in [-0.05, 0) is 38.0 Å². The highest BCUT2D eigenvalue weighted by molar-refractivity contribution is 5.86. The van der Waals surface area contributed by atoms with Gasteiger partial charge < -0.3 is 24.6 Å². The highest BCUT2D eigenvalue weighted by atomic mass is 19.1. The van der Waals surface area contributed by atoms with Gasteiger partial charge in [0.05, 0.1) is 13.7 Å². The van der Waals surface area contributed by atoms with E-state index in [1.165, 1.54) is 24.1 Å². The first-order chi connectivity index (χ1) is 13.5. The number of carbonyl (C=O) groups excluding carboxylic acids is 1. The van der Waals surface area contributed by atoms with E-state index in [0.29, 0.717) is 37.2 Å². The van der Waals surface area contributed by atoms with Gasteiger partial charge in [0.25, 0.3) is 5.91 Å². The number of piperidine rings is 1. The minimum Gasteiger partial charge on any atom is -0.497 e. The molecule has 3 rings (SSSR count). The Morgan fingerprint density at radius 2 is 2.25 bits per heavy atom. The SMILES string of the molecule is CCn1ccnc1CNC[C@@]1(O)CCCN(Cc2cc(OC)ccc2F)C1=O. The minimum absolute atomic E-state index is 0.102. The molecular formula is C20H27FN4O3. The Morgan fingerprint density at radius 1 is 1.43 bits per heavy atom. The maximum atomic E-state index is 14.1. The quantitative estimate of drug-likeness (QED) is 0.717. The molecule has 1 aliphatic heterocycles. The molecule has 1 atom stereocenters. The lowest BCUT2D eigenvalue weighted by molar-refractivity contribution is -0.157. The maximum absolute atomic E-state index is 14.1. The number of imidazole rings is 1. The van der Waals surface area contributed by atoms with Crippen molar-refractivity contribution in [2.75, 3.05) is 20.2 Å². The number of methoxy groups -OCH3 is 1. The van der Waals surface area contributed by atoms with Crippen LogP contribution in [-0.4, -0.2) is 51.3 Å². The molecule has 0 spiro atoms. The molecule has 1 aliphatic rings. The van der Waals surface area contributed by atoms with Crippen molar-refractivity contribution in [1.82, 2.24) is 19.8 Å². The third kappa shape index (κ3) is 4.34. The summed E-state index contributed by atoms with van der Waals surface area (Å²) >= 11 is 0. The first-order valence-electron chi connectivity index (χ1n) is 9.51. The van der Waals surface area contributed by atoms with Crippen LogP contribution >= 0.6 is 0 Å². The predicted octanol–water partition coefficient (Wildman–Crippen LogP) is 1.69. The van der Waals surface area contributed by atoms with Crippen molar-refractivity contribution in [3.8, 4) is 5.75 Å². The van der Waals surface area contributed by atoms with E-state index in [2.05, 4.69) is 10.3 Å². The average Bonchev–Trinajstić information content (AvgIpc) is 3.15. The number of hydrogen-bond acceptors (Lipinski definition) is 5. The van der Waals surface area contributed by atoms with E-state index in [1.807, 2.05) is 17.7 Å². The molecule has 7 nitrogen and oxygen atoms in total. The summed E-state index contributed by atoms with van der Waals surface area (Å²) < 4.78 is 21.3.